The summed E-state index contributed by atoms with van der Waals surface area (Å²) in [7, 11) is 0. The van der Waals surface area contributed by atoms with Gasteiger partial charge in [-0.15, -0.1) is 23.5 Å². The molecule has 15 heavy (non-hydrogen) atoms. The Balaban J connectivity index is 2.72. The Bertz CT molecular complexity index is 257. The predicted octanol–water partition coefficient (Wildman–Crippen LogP) is 4.97. The van der Waals surface area contributed by atoms with Gasteiger partial charge in [-0.3, -0.25) is 0 Å². The van der Waals surface area contributed by atoms with Crippen LogP contribution in [-0.4, -0.2) is 10.5 Å². The minimum Gasteiger partial charge on any atom is -0.140 e. The molecule has 0 nitrogen and oxygen atoms in total. The minimum atomic E-state index is 0.575. The molecule has 0 unspecified atom stereocenters. The van der Waals surface area contributed by atoms with Crippen LogP contribution in [0.1, 0.15) is 37.8 Å². The van der Waals surface area contributed by atoms with Crippen LogP contribution in [0.4, 0.5) is 0 Å². The number of hydrogen-bond acceptors (Lipinski definition) is 2. The quantitative estimate of drug-likeness (QED) is 0.667. The number of benzene rings is 1. The summed E-state index contributed by atoms with van der Waals surface area (Å²) < 4.78 is 0.575. The van der Waals surface area contributed by atoms with E-state index in [9.17, 15) is 0 Å². The summed E-state index contributed by atoms with van der Waals surface area (Å²) in [5.74, 6) is 0. The van der Waals surface area contributed by atoms with Crippen molar-refractivity contribution in [2.24, 2.45) is 0 Å². The summed E-state index contributed by atoms with van der Waals surface area (Å²) in [5.41, 5.74) is 1.44. The molecule has 0 saturated heterocycles. The van der Waals surface area contributed by atoms with E-state index in [1.54, 1.807) is 0 Å². The SMILES string of the molecule is CC(C)SC(SC(C)C)c1ccccc1. The van der Waals surface area contributed by atoms with E-state index in [4.69, 9.17) is 0 Å². The Labute approximate surface area is 102 Å². The molecule has 0 amide bonds. The smallest absolute Gasteiger partial charge is 0.0756 e. The van der Waals surface area contributed by atoms with Crippen molar-refractivity contribution in [2.45, 2.75) is 42.8 Å². The van der Waals surface area contributed by atoms with Crippen LogP contribution in [0, 0.1) is 0 Å². The maximum Gasteiger partial charge on any atom is 0.0756 e. The Morgan fingerprint density at radius 2 is 1.27 bits per heavy atom. The topological polar surface area (TPSA) is 0 Å². The fourth-order valence-corrected chi connectivity index (χ4v) is 4.50. The van der Waals surface area contributed by atoms with E-state index in [1.165, 1.54) is 5.56 Å². The lowest BCUT2D eigenvalue weighted by Crippen LogP contribution is -1.99. The van der Waals surface area contributed by atoms with Crippen molar-refractivity contribution >= 4 is 23.5 Å². The second-order valence-electron chi connectivity index (χ2n) is 4.11. The van der Waals surface area contributed by atoms with Crippen molar-refractivity contribution in [1.29, 1.82) is 0 Å². The lowest BCUT2D eigenvalue weighted by Gasteiger charge is -2.20. The van der Waals surface area contributed by atoms with Gasteiger partial charge < -0.3 is 0 Å². The van der Waals surface area contributed by atoms with Crippen molar-refractivity contribution in [3.8, 4) is 0 Å². The van der Waals surface area contributed by atoms with Gasteiger partial charge in [0.15, 0.2) is 0 Å². The molecule has 0 radical (unpaired) electrons. The van der Waals surface area contributed by atoms with Crippen molar-refractivity contribution in [3.05, 3.63) is 35.9 Å². The normalized spacial score (nSPS) is 11.7. The number of thioether (sulfide) groups is 2. The highest BCUT2D eigenvalue weighted by atomic mass is 32.2. The third-order valence-electron chi connectivity index (χ3n) is 1.86. The standard InChI is InChI=1S/C13H20S2/c1-10(2)14-13(15-11(3)4)12-8-6-5-7-9-12/h5-11,13H,1-4H3. The second-order valence-corrected chi connectivity index (χ2v) is 7.78. The molecule has 0 aliphatic rings. The zero-order valence-electron chi connectivity index (χ0n) is 9.94. The molecule has 1 aromatic rings. The third kappa shape index (κ3) is 4.98. The van der Waals surface area contributed by atoms with E-state index < -0.39 is 0 Å². The molecule has 1 aromatic carbocycles. The van der Waals surface area contributed by atoms with Gasteiger partial charge in [-0.1, -0.05) is 58.0 Å². The van der Waals surface area contributed by atoms with E-state index in [-0.39, 0.29) is 0 Å². The molecule has 0 N–H and O–H groups in total. The molecule has 1 rings (SSSR count). The van der Waals surface area contributed by atoms with Crippen molar-refractivity contribution < 1.29 is 0 Å². The number of rotatable bonds is 5. The van der Waals surface area contributed by atoms with Crippen LogP contribution in [0.2, 0.25) is 0 Å². The Morgan fingerprint density at radius 1 is 0.800 bits per heavy atom. The van der Waals surface area contributed by atoms with Gasteiger partial charge >= 0.3 is 0 Å². The van der Waals surface area contributed by atoms with E-state index in [2.05, 4.69) is 58.0 Å². The van der Waals surface area contributed by atoms with E-state index in [0.717, 1.165) is 0 Å². The maximum atomic E-state index is 2.27. The minimum absolute atomic E-state index is 0.575. The highest BCUT2D eigenvalue weighted by Gasteiger charge is 2.15. The zero-order chi connectivity index (χ0) is 11.3. The van der Waals surface area contributed by atoms with Crippen LogP contribution in [-0.2, 0) is 0 Å². The van der Waals surface area contributed by atoms with Crippen LogP contribution in [0.15, 0.2) is 30.3 Å². The molecular formula is C13H20S2. The molecule has 84 valence electrons. The molecule has 0 heterocycles. The van der Waals surface area contributed by atoms with Gasteiger partial charge in [-0.25, -0.2) is 0 Å². The first-order valence-electron chi connectivity index (χ1n) is 5.45. The van der Waals surface area contributed by atoms with Crippen molar-refractivity contribution in [3.63, 3.8) is 0 Å². The number of hydrogen-bond donors (Lipinski definition) is 0. The Kier molecular flexibility index (Phi) is 5.62. The van der Waals surface area contributed by atoms with Gasteiger partial charge in [0.25, 0.3) is 0 Å². The van der Waals surface area contributed by atoms with Crippen LogP contribution >= 0.6 is 23.5 Å². The fraction of sp³-hybridized carbons (Fsp3) is 0.538. The molecule has 0 bridgehead atoms. The lowest BCUT2D eigenvalue weighted by molar-refractivity contribution is 1.09. The fourth-order valence-electron chi connectivity index (χ4n) is 1.29. The molecular weight excluding hydrogens is 220 g/mol. The van der Waals surface area contributed by atoms with Crippen LogP contribution in [0.5, 0.6) is 0 Å². The maximum absolute atomic E-state index is 2.27. The molecule has 0 saturated carbocycles. The summed E-state index contributed by atoms with van der Waals surface area (Å²) in [4.78, 5) is 0. The average molecular weight is 240 g/mol. The van der Waals surface area contributed by atoms with E-state index in [1.807, 2.05) is 23.5 Å². The van der Waals surface area contributed by atoms with Crippen molar-refractivity contribution in [2.75, 3.05) is 0 Å². The third-order valence-corrected chi connectivity index (χ3v) is 4.66. The van der Waals surface area contributed by atoms with E-state index >= 15 is 0 Å². The van der Waals surface area contributed by atoms with Crippen LogP contribution in [0.25, 0.3) is 0 Å². The second kappa shape index (κ2) is 6.49. The van der Waals surface area contributed by atoms with Gasteiger partial charge in [0, 0.05) is 10.5 Å². The first kappa shape index (κ1) is 13.0. The largest absolute Gasteiger partial charge is 0.140 e. The molecule has 0 spiro atoms. The Hall–Kier alpha value is -0.0800. The zero-order valence-corrected chi connectivity index (χ0v) is 11.6. The molecule has 0 aliphatic heterocycles. The lowest BCUT2D eigenvalue weighted by atomic mass is 10.2. The molecule has 0 fully saturated rings. The predicted molar refractivity (Wildman–Crippen MR) is 74.6 cm³/mol. The summed E-state index contributed by atoms with van der Waals surface area (Å²) in [6.45, 7) is 9.06. The first-order valence-corrected chi connectivity index (χ1v) is 7.34. The summed E-state index contributed by atoms with van der Waals surface area (Å²) >= 11 is 4.09. The molecule has 0 atom stereocenters. The highest BCUT2D eigenvalue weighted by molar-refractivity contribution is 8.16. The van der Waals surface area contributed by atoms with Crippen molar-refractivity contribution in [1.82, 2.24) is 0 Å². The summed E-state index contributed by atoms with van der Waals surface area (Å²) in [5, 5.41) is 1.36. The molecule has 2 heteroatoms. The van der Waals surface area contributed by atoms with Gasteiger partial charge in [0.1, 0.15) is 0 Å². The Morgan fingerprint density at radius 3 is 1.67 bits per heavy atom. The summed E-state index contributed by atoms with van der Waals surface area (Å²) in [6.07, 6.45) is 0. The summed E-state index contributed by atoms with van der Waals surface area (Å²) in [6, 6.07) is 10.8. The average Bonchev–Trinajstić information content (AvgIpc) is 2.17. The van der Waals surface area contributed by atoms with E-state index in [0.29, 0.717) is 15.1 Å². The van der Waals surface area contributed by atoms with Gasteiger partial charge in [-0.05, 0) is 5.56 Å². The van der Waals surface area contributed by atoms with Gasteiger partial charge in [0.05, 0.1) is 4.58 Å². The molecule has 0 aliphatic carbocycles. The van der Waals surface area contributed by atoms with Gasteiger partial charge in [0.2, 0.25) is 0 Å². The molecule has 0 aromatic heterocycles. The van der Waals surface area contributed by atoms with Gasteiger partial charge in [-0.2, -0.15) is 0 Å². The van der Waals surface area contributed by atoms with Crippen LogP contribution < -0.4 is 0 Å². The first-order chi connectivity index (χ1) is 7.09. The van der Waals surface area contributed by atoms with Crippen LogP contribution in [0.3, 0.4) is 0 Å². The monoisotopic (exact) mass is 240 g/mol. The highest BCUT2D eigenvalue weighted by Crippen LogP contribution is 2.43.